The third-order valence-corrected chi connectivity index (χ3v) is 1.70. The first-order chi connectivity index (χ1) is 6.09. The highest BCUT2D eigenvalue weighted by molar-refractivity contribution is 5.94. The Morgan fingerprint density at radius 2 is 2.08 bits per heavy atom. The summed E-state index contributed by atoms with van der Waals surface area (Å²) in [6.07, 6.45) is 0. The monoisotopic (exact) mass is 177 g/mol. The first kappa shape index (κ1) is 9.78. The van der Waals surface area contributed by atoms with Crippen LogP contribution < -0.4 is 5.32 Å². The summed E-state index contributed by atoms with van der Waals surface area (Å²) in [7, 11) is 0. The maximum absolute atomic E-state index is 11.5. The number of rotatable bonds is 2. The van der Waals surface area contributed by atoms with Gasteiger partial charge in [-0.25, -0.2) is 0 Å². The van der Waals surface area contributed by atoms with E-state index in [0.717, 1.165) is 11.1 Å². The zero-order valence-corrected chi connectivity index (χ0v) is 8.29. The van der Waals surface area contributed by atoms with E-state index in [1.807, 2.05) is 45.0 Å². The van der Waals surface area contributed by atoms with E-state index in [-0.39, 0.29) is 11.9 Å². The van der Waals surface area contributed by atoms with E-state index in [9.17, 15) is 4.79 Å². The van der Waals surface area contributed by atoms with Crippen LogP contribution in [0.5, 0.6) is 0 Å². The van der Waals surface area contributed by atoms with Crippen LogP contribution in [-0.2, 0) is 0 Å². The number of amides is 1. The fourth-order valence-electron chi connectivity index (χ4n) is 1.13. The number of benzene rings is 1. The molecular weight excluding hydrogens is 162 g/mol. The quantitative estimate of drug-likeness (QED) is 0.736. The Morgan fingerprint density at radius 3 is 2.62 bits per heavy atom. The Labute approximate surface area is 79.0 Å². The van der Waals surface area contributed by atoms with Gasteiger partial charge in [-0.1, -0.05) is 17.7 Å². The molecule has 0 aromatic heterocycles. The number of carbonyl (C=O) groups is 1. The lowest BCUT2D eigenvalue weighted by Gasteiger charge is -2.08. The molecule has 70 valence electrons. The molecule has 0 unspecified atom stereocenters. The second-order valence-corrected chi connectivity index (χ2v) is 3.50. The van der Waals surface area contributed by atoms with E-state index in [1.54, 1.807) is 0 Å². The van der Waals surface area contributed by atoms with Crippen molar-refractivity contribution in [1.82, 2.24) is 5.32 Å². The van der Waals surface area contributed by atoms with Gasteiger partial charge in [-0.05, 0) is 32.9 Å². The van der Waals surface area contributed by atoms with Gasteiger partial charge in [-0.3, -0.25) is 4.79 Å². The molecule has 0 aliphatic heterocycles. The Morgan fingerprint density at radius 1 is 1.38 bits per heavy atom. The molecule has 0 fully saturated rings. The molecule has 1 aromatic carbocycles. The number of hydrogen-bond donors (Lipinski definition) is 1. The molecule has 2 nitrogen and oxygen atoms in total. The van der Waals surface area contributed by atoms with E-state index in [4.69, 9.17) is 0 Å². The van der Waals surface area contributed by atoms with Crippen LogP contribution in [0.25, 0.3) is 0 Å². The average Bonchev–Trinajstić information content (AvgIpc) is 2.03. The molecule has 1 rings (SSSR count). The van der Waals surface area contributed by atoms with Gasteiger partial charge in [0.1, 0.15) is 0 Å². The SMILES string of the molecule is Cc1cccc(C(=O)NC(C)C)c1. The zero-order valence-electron chi connectivity index (χ0n) is 8.29. The summed E-state index contributed by atoms with van der Waals surface area (Å²) in [5.41, 5.74) is 1.84. The van der Waals surface area contributed by atoms with Crippen molar-refractivity contribution in [2.24, 2.45) is 0 Å². The van der Waals surface area contributed by atoms with Crippen LogP contribution in [0.15, 0.2) is 24.3 Å². The molecular formula is C11H15NO. The second-order valence-electron chi connectivity index (χ2n) is 3.50. The summed E-state index contributed by atoms with van der Waals surface area (Å²) in [6, 6.07) is 7.77. The van der Waals surface area contributed by atoms with Crippen molar-refractivity contribution < 1.29 is 4.79 Å². The van der Waals surface area contributed by atoms with E-state index in [1.165, 1.54) is 0 Å². The van der Waals surface area contributed by atoms with Gasteiger partial charge in [0.15, 0.2) is 0 Å². The van der Waals surface area contributed by atoms with Crippen molar-refractivity contribution in [1.29, 1.82) is 0 Å². The molecule has 1 aromatic rings. The van der Waals surface area contributed by atoms with E-state index < -0.39 is 0 Å². The number of aryl methyl sites for hydroxylation is 1. The van der Waals surface area contributed by atoms with Gasteiger partial charge < -0.3 is 5.32 Å². The van der Waals surface area contributed by atoms with E-state index in [2.05, 4.69) is 5.32 Å². The van der Waals surface area contributed by atoms with Crippen molar-refractivity contribution >= 4 is 5.91 Å². The molecule has 0 aliphatic rings. The average molecular weight is 177 g/mol. The maximum Gasteiger partial charge on any atom is 0.251 e. The lowest BCUT2D eigenvalue weighted by molar-refractivity contribution is 0.0943. The summed E-state index contributed by atoms with van der Waals surface area (Å²) in [5.74, 6) is -0.00120. The molecule has 0 atom stereocenters. The third kappa shape index (κ3) is 2.90. The zero-order chi connectivity index (χ0) is 9.84. The second kappa shape index (κ2) is 4.08. The molecule has 0 spiro atoms. The fraction of sp³-hybridized carbons (Fsp3) is 0.364. The molecule has 1 N–H and O–H groups in total. The Bertz CT molecular complexity index is 305. The topological polar surface area (TPSA) is 29.1 Å². The standard InChI is InChI=1S/C11H15NO/c1-8(2)12-11(13)10-6-4-5-9(3)7-10/h4-8H,1-3H3,(H,12,13). The number of carbonyl (C=O) groups excluding carboxylic acids is 1. The van der Waals surface area contributed by atoms with E-state index in [0.29, 0.717) is 0 Å². The predicted molar refractivity (Wildman–Crippen MR) is 53.8 cm³/mol. The highest BCUT2D eigenvalue weighted by Gasteiger charge is 2.05. The van der Waals surface area contributed by atoms with Crippen LogP contribution in [0.3, 0.4) is 0 Å². The fourth-order valence-corrected chi connectivity index (χ4v) is 1.13. The van der Waals surface area contributed by atoms with Gasteiger partial charge in [0.05, 0.1) is 0 Å². The minimum atomic E-state index is -0.00120. The van der Waals surface area contributed by atoms with Crippen molar-refractivity contribution in [2.75, 3.05) is 0 Å². The highest BCUT2D eigenvalue weighted by atomic mass is 16.1. The molecule has 1 amide bonds. The van der Waals surface area contributed by atoms with Crippen LogP contribution >= 0.6 is 0 Å². The van der Waals surface area contributed by atoms with E-state index >= 15 is 0 Å². The number of hydrogen-bond acceptors (Lipinski definition) is 1. The molecule has 0 saturated heterocycles. The normalized spacial score (nSPS) is 10.2. The van der Waals surface area contributed by atoms with Crippen molar-refractivity contribution in [3.63, 3.8) is 0 Å². The summed E-state index contributed by atoms with van der Waals surface area (Å²) in [4.78, 5) is 11.5. The van der Waals surface area contributed by atoms with Gasteiger partial charge in [-0.15, -0.1) is 0 Å². The minimum absolute atomic E-state index is 0.00120. The van der Waals surface area contributed by atoms with Crippen molar-refractivity contribution in [2.45, 2.75) is 26.8 Å². The molecule has 0 saturated carbocycles. The molecule has 13 heavy (non-hydrogen) atoms. The largest absolute Gasteiger partial charge is 0.350 e. The first-order valence-electron chi connectivity index (χ1n) is 4.47. The Balaban J connectivity index is 2.77. The predicted octanol–water partition coefficient (Wildman–Crippen LogP) is 2.13. The van der Waals surface area contributed by atoms with Crippen LogP contribution in [0.1, 0.15) is 29.8 Å². The summed E-state index contributed by atoms with van der Waals surface area (Å²) < 4.78 is 0. The number of nitrogens with one attached hydrogen (secondary N) is 1. The summed E-state index contributed by atoms with van der Waals surface area (Å²) in [6.45, 7) is 5.88. The maximum atomic E-state index is 11.5. The molecule has 0 heterocycles. The van der Waals surface area contributed by atoms with Crippen LogP contribution in [0.4, 0.5) is 0 Å². The highest BCUT2D eigenvalue weighted by Crippen LogP contribution is 2.03. The van der Waals surface area contributed by atoms with Gasteiger partial charge in [-0.2, -0.15) is 0 Å². The lowest BCUT2D eigenvalue weighted by atomic mass is 10.1. The Hall–Kier alpha value is -1.31. The third-order valence-electron chi connectivity index (χ3n) is 1.70. The summed E-state index contributed by atoms with van der Waals surface area (Å²) in [5, 5.41) is 2.85. The molecule has 0 bridgehead atoms. The van der Waals surface area contributed by atoms with Crippen LogP contribution in [-0.4, -0.2) is 11.9 Å². The van der Waals surface area contributed by atoms with Gasteiger partial charge in [0.2, 0.25) is 0 Å². The minimum Gasteiger partial charge on any atom is -0.350 e. The van der Waals surface area contributed by atoms with Gasteiger partial charge in [0, 0.05) is 11.6 Å². The van der Waals surface area contributed by atoms with Crippen molar-refractivity contribution in [3.8, 4) is 0 Å². The van der Waals surface area contributed by atoms with Crippen LogP contribution in [0, 0.1) is 6.92 Å². The molecule has 0 radical (unpaired) electrons. The van der Waals surface area contributed by atoms with Gasteiger partial charge >= 0.3 is 0 Å². The van der Waals surface area contributed by atoms with Crippen LogP contribution in [0.2, 0.25) is 0 Å². The molecule has 0 aliphatic carbocycles. The lowest BCUT2D eigenvalue weighted by Crippen LogP contribution is -2.30. The van der Waals surface area contributed by atoms with Gasteiger partial charge in [0.25, 0.3) is 5.91 Å². The Kier molecular flexibility index (Phi) is 3.07. The smallest absolute Gasteiger partial charge is 0.251 e. The molecule has 2 heteroatoms. The summed E-state index contributed by atoms with van der Waals surface area (Å²) >= 11 is 0. The van der Waals surface area contributed by atoms with Crippen molar-refractivity contribution in [3.05, 3.63) is 35.4 Å². The first-order valence-corrected chi connectivity index (χ1v) is 4.47.